The van der Waals surface area contributed by atoms with E-state index in [1.807, 2.05) is 0 Å². The number of hydrogen-bond donors (Lipinski definition) is 1. The minimum Gasteiger partial charge on any atom is -0.351 e. The van der Waals surface area contributed by atoms with Gasteiger partial charge in [-0.1, -0.05) is 19.1 Å². The number of hydrogen-bond acceptors (Lipinski definition) is 6. The fourth-order valence-corrected chi connectivity index (χ4v) is 5.86. The molecule has 0 radical (unpaired) electrons. The molecule has 0 unspecified atom stereocenters. The van der Waals surface area contributed by atoms with Crippen LogP contribution in [-0.2, 0) is 24.7 Å². The molecule has 0 aromatic heterocycles. The third-order valence-corrected chi connectivity index (χ3v) is 7.83. The summed E-state index contributed by atoms with van der Waals surface area (Å²) in [4.78, 5) is 23.6. The Labute approximate surface area is 153 Å². The molecule has 0 spiro atoms. The summed E-state index contributed by atoms with van der Waals surface area (Å²) in [5, 5.41) is 2.57. The molecule has 0 bridgehead atoms. The number of amides is 1. The topological polar surface area (TPSA) is 118 Å². The van der Waals surface area contributed by atoms with E-state index in [-0.39, 0.29) is 34.3 Å². The Balaban J connectivity index is 2.12. The first kappa shape index (κ1) is 20.5. The van der Waals surface area contributed by atoms with E-state index in [9.17, 15) is 26.4 Å². The van der Waals surface area contributed by atoms with Crippen LogP contribution in [0, 0.1) is 0 Å². The van der Waals surface area contributed by atoms with Gasteiger partial charge in [0.2, 0.25) is 15.9 Å². The fraction of sp³-hybridized carbons (Fsp3) is 0.500. The van der Waals surface area contributed by atoms with Gasteiger partial charge in [0.1, 0.15) is 0 Å². The van der Waals surface area contributed by atoms with Crippen molar-refractivity contribution in [2.45, 2.75) is 31.2 Å². The summed E-state index contributed by atoms with van der Waals surface area (Å²) in [7, 11) is -7.09. The Bertz CT molecular complexity index is 908. The van der Waals surface area contributed by atoms with Gasteiger partial charge in [-0.05, 0) is 25.5 Å². The number of carbonyl (C=O) groups excluding carboxylic acids is 2. The molecule has 1 aliphatic rings. The van der Waals surface area contributed by atoms with Crippen LogP contribution in [0.15, 0.2) is 29.2 Å². The van der Waals surface area contributed by atoms with Crippen LogP contribution >= 0.6 is 0 Å². The molecule has 1 saturated heterocycles. The van der Waals surface area contributed by atoms with Crippen LogP contribution in [0.1, 0.15) is 30.6 Å². The predicted molar refractivity (Wildman–Crippen MR) is 96.1 cm³/mol. The Morgan fingerprint density at radius 3 is 2.54 bits per heavy atom. The van der Waals surface area contributed by atoms with Crippen molar-refractivity contribution in [2.75, 3.05) is 24.6 Å². The first-order valence-electron chi connectivity index (χ1n) is 8.16. The summed E-state index contributed by atoms with van der Waals surface area (Å²) in [6, 6.07) is 5.15. The lowest BCUT2D eigenvalue weighted by Gasteiger charge is -2.21. The summed E-state index contributed by atoms with van der Waals surface area (Å²) in [6.45, 7) is 2.58. The molecule has 1 atom stereocenters. The number of nitrogens with zero attached hydrogens (tertiary/aromatic N) is 1. The average Bonchev–Trinajstić information content (AvgIpc) is 2.91. The van der Waals surface area contributed by atoms with Crippen molar-refractivity contribution in [2.24, 2.45) is 0 Å². The molecule has 1 aromatic rings. The van der Waals surface area contributed by atoms with Gasteiger partial charge in [-0.2, -0.15) is 4.31 Å². The van der Waals surface area contributed by atoms with Crippen LogP contribution in [-0.4, -0.2) is 63.5 Å². The molecule has 1 aliphatic heterocycles. The van der Waals surface area contributed by atoms with E-state index < -0.39 is 38.4 Å². The van der Waals surface area contributed by atoms with Crippen LogP contribution in [0.5, 0.6) is 0 Å². The lowest BCUT2D eigenvalue weighted by atomic mass is 10.2. The largest absolute Gasteiger partial charge is 0.351 e. The molecule has 144 valence electrons. The zero-order valence-electron chi connectivity index (χ0n) is 14.6. The maximum atomic E-state index is 12.8. The normalized spacial score (nSPS) is 19.4. The van der Waals surface area contributed by atoms with Gasteiger partial charge in [0.05, 0.1) is 22.9 Å². The van der Waals surface area contributed by atoms with E-state index in [2.05, 4.69) is 5.32 Å². The number of Topliss-reactive ketones (excluding diaryl/α,β-unsaturated/α-hetero) is 1. The third-order valence-electron chi connectivity index (χ3n) is 4.15. The van der Waals surface area contributed by atoms with Crippen molar-refractivity contribution in [1.82, 2.24) is 9.62 Å². The van der Waals surface area contributed by atoms with E-state index in [0.717, 1.165) is 4.31 Å². The van der Waals surface area contributed by atoms with Crippen molar-refractivity contribution < 1.29 is 26.4 Å². The molecular formula is C16H22N2O6S2. The van der Waals surface area contributed by atoms with Crippen molar-refractivity contribution in [3.8, 4) is 0 Å². The zero-order chi connectivity index (χ0) is 19.5. The average molecular weight is 402 g/mol. The highest BCUT2D eigenvalue weighted by Gasteiger charge is 2.31. The number of likely N-dealkylation sites (N-methyl/N-ethyl adjacent to an activating group) is 1. The maximum absolute atomic E-state index is 12.8. The van der Waals surface area contributed by atoms with E-state index in [1.165, 1.54) is 31.2 Å². The monoisotopic (exact) mass is 402 g/mol. The van der Waals surface area contributed by atoms with Crippen LogP contribution in [0.3, 0.4) is 0 Å². The van der Waals surface area contributed by atoms with Gasteiger partial charge < -0.3 is 5.32 Å². The first-order chi connectivity index (χ1) is 12.0. The van der Waals surface area contributed by atoms with Gasteiger partial charge in [0.15, 0.2) is 15.6 Å². The Morgan fingerprint density at radius 2 is 2.00 bits per heavy atom. The minimum atomic E-state index is -3.96. The lowest BCUT2D eigenvalue weighted by molar-refractivity contribution is -0.121. The number of sulfonamides is 1. The number of carbonyl (C=O) groups is 2. The quantitative estimate of drug-likeness (QED) is 0.651. The van der Waals surface area contributed by atoms with Gasteiger partial charge in [0.25, 0.3) is 0 Å². The summed E-state index contributed by atoms with van der Waals surface area (Å²) < 4.78 is 49.4. The standard InChI is InChI=1S/C16H22N2O6S2/c1-3-18(10-16(20)17-14-7-8-25(21,22)11-14)26(23,24)15-6-4-5-13(9-15)12(2)19/h4-6,9,14H,3,7-8,10-11H2,1-2H3,(H,17,20)/t14-/m1/s1. The second-order valence-corrected chi connectivity index (χ2v) is 10.3. The van der Waals surface area contributed by atoms with Crippen molar-refractivity contribution in [1.29, 1.82) is 0 Å². The molecule has 1 amide bonds. The van der Waals surface area contributed by atoms with Crippen molar-refractivity contribution in [3.05, 3.63) is 29.8 Å². The van der Waals surface area contributed by atoms with Crippen molar-refractivity contribution in [3.63, 3.8) is 0 Å². The molecule has 1 fully saturated rings. The smallest absolute Gasteiger partial charge is 0.243 e. The molecule has 1 N–H and O–H groups in total. The van der Waals surface area contributed by atoms with Gasteiger partial charge in [-0.3, -0.25) is 9.59 Å². The van der Waals surface area contributed by atoms with Crippen LogP contribution in [0.25, 0.3) is 0 Å². The maximum Gasteiger partial charge on any atom is 0.243 e. The second kappa shape index (κ2) is 7.85. The zero-order valence-corrected chi connectivity index (χ0v) is 16.3. The summed E-state index contributed by atoms with van der Waals surface area (Å²) in [5.74, 6) is -0.922. The van der Waals surface area contributed by atoms with E-state index in [0.29, 0.717) is 6.42 Å². The van der Waals surface area contributed by atoms with Gasteiger partial charge in [-0.15, -0.1) is 0 Å². The van der Waals surface area contributed by atoms with E-state index in [4.69, 9.17) is 0 Å². The number of sulfone groups is 1. The van der Waals surface area contributed by atoms with Gasteiger partial charge in [-0.25, -0.2) is 16.8 Å². The van der Waals surface area contributed by atoms with E-state index in [1.54, 1.807) is 6.92 Å². The second-order valence-electron chi connectivity index (χ2n) is 6.18. The molecule has 10 heteroatoms. The Hall–Kier alpha value is -1.78. The highest BCUT2D eigenvalue weighted by atomic mass is 32.2. The van der Waals surface area contributed by atoms with Gasteiger partial charge >= 0.3 is 0 Å². The number of benzene rings is 1. The Morgan fingerprint density at radius 1 is 1.31 bits per heavy atom. The summed E-state index contributed by atoms with van der Waals surface area (Å²) >= 11 is 0. The molecule has 1 aromatic carbocycles. The SMILES string of the molecule is CCN(CC(=O)N[C@@H]1CCS(=O)(=O)C1)S(=O)(=O)c1cccc(C(C)=O)c1. The molecule has 2 rings (SSSR count). The summed E-state index contributed by atoms with van der Waals surface area (Å²) in [5.41, 5.74) is 0.266. The molecule has 1 heterocycles. The summed E-state index contributed by atoms with van der Waals surface area (Å²) in [6.07, 6.45) is 0.327. The van der Waals surface area contributed by atoms with Crippen LogP contribution in [0.2, 0.25) is 0 Å². The lowest BCUT2D eigenvalue weighted by Crippen LogP contribution is -2.44. The van der Waals surface area contributed by atoms with E-state index >= 15 is 0 Å². The predicted octanol–water partition coefficient (Wildman–Crippen LogP) is 0.203. The molecule has 26 heavy (non-hydrogen) atoms. The molecule has 8 nitrogen and oxygen atoms in total. The molecule has 0 aliphatic carbocycles. The first-order valence-corrected chi connectivity index (χ1v) is 11.4. The molecular weight excluding hydrogens is 380 g/mol. The minimum absolute atomic E-state index is 0.0194. The number of nitrogens with one attached hydrogen (secondary N) is 1. The third kappa shape index (κ3) is 4.89. The number of rotatable bonds is 7. The Kier molecular flexibility index (Phi) is 6.20. The molecule has 0 saturated carbocycles. The van der Waals surface area contributed by atoms with Crippen LogP contribution < -0.4 is 5.32 Å². The highest BCUT2D eigenvalue weighted by Crippen LogP contribution is 2.18. The van der Waals surface area contributed by atoms with Crippen LogP contribution in [0.4, 0.5) is 0 Å². The highest BCUT2D eigenvalue weighted by molar-refractivity contribution is 7.91. The fourth-order valence-electron chi connectivity index (χ4n) is 2.73. The van der Waals surface area contributed by atoms with Crippen molar-refractivity contribution >= 4 is 31.6 Å². The number of ketones is 1. The van der Waals surface area contributed by atoms with Gasteiger partial charge in [0, 0.05) is 18.2 Å².